The molecule has 26 heavy (non-hydrogen) atoms. The van der Waals surface area contributed by atoms with Crippen LogP contribution in [0.5, 0.6) is 0 Å². The van der Waals surface area contributed by atoms with Gasteiger partial charge in [-0.1, -0.05) is 0 Å². The molecule has 3 N–H and O–H groups in total. The number of hydrogen-bond donors (Lipinski definition) is 3. The van der Waals surface area contributed by atoms with E-state index in [1.54, 1.807) is 31.6 Å². The van der Waals surface area contributed by atoms with Crippen LogP contribution in [-0.2, 0) is 4.79 Å². The molecule has 0 saturated heterocycles. The average molecular weight is 397 g/mol. The zero-order valence-corrected chi connectivity index (χ0v) is 15.6. The molecule has 0 aliphatic heterocycles. The predicted octanol–water partition coefficient (Wildman–Crippen LogP) is 4.12. The molecule has 0 unspecified atom stereocenters. The summed E-state index contributed by atoms with van der Waals surface area (Å²) >= 11 is 0. The summed E-state index contributed by atoms with van der Waals surface area (Å²) in [5, 5.41) is 10.7. The maximum absolute atomic E-state index is 13.0. The lowest BCUT2D eigenvalue weighted by molar-refractivity contribution is -0.115. The molecule has 0 saturated carbocycles. The van der Waals surface area contributed by atoms with Crippen molar-refractivity contribution in [2.24, 2.45) is 0 Å². The van der Waals surface area contributed by atoms with Gasteiger partial charge in [0.1, 0.15) is 5.82 Å². The first-order valence-electron chi connectivity index (χ1n) is 7.51. The van der Waals surface area contributed by atoms with Crippen LogP contribution in [-0.4, -0.2) is 24.5 Å². The highest BCUT2D eigenvalue weighted by molar-refractivity contribution is 6.07. The van der Waals surface area contributed by atoms with Gasteiger partial charge in [0.15, 0.2) is 0 Å². The van der Waals surface area contributed by atoms with E-state index in [0.29, 0.717) is 5.69 Å². The molecule has 0 aliphatic rings. The van der Waals surface area contributed by atoms with Crippen molar-refractivity contribution in [1.82, 2.24) is 10.3 Å². The van der Waals surface area contributed by atoms with Crippen molar-refractivity contribution < 1.29 is 9.18 Å². The number of halogens is 3. The van der Waals surface area contributed by atoms with Gasteiger partial charge in [0, 0.05) is 34.5 Å². The number of anilines is 3. The van der Waals surface area contributed by atoms with Gasteiger partial charge in [0.05, 0.1) is 12.2 Å². The van der Waals surface area contributed by atoms with E-state index in [1.165, 1.54) is 12.1 Å². The molecule has 138 valence electrons. The molecule has 0 spiro atoms. The summed E-state index contributed by atoms with van der Waals surface area (Å²) in [6.45, 7) is 0.233. The fourth-order valence-corrected chi connectivity index (χ4v) is 2.45. The smallest absolute Gasteiger partial charge is 0.238 e. The number of rotatable bonds is 5. The third-order valence-corrected chi connectivity index (χ3v) is 3.55. The van der Waals surface area contributed by atoms with Crippen LogP contribution in [0.15, 0.2) is 54.9 Å². The number of nitrogens with one attached hydrogen (secondary N) is 3. The second-order valence-corrected chi connectivity index (χ2v) is 5.29. The summed E-state index contributed by atoms with van der Waals surface area (Å²) in [5.74, 6) is -0.404. The number of fused-ring (bicyclic) bond motifs is 1. The van der Waals surface area contributed by atoms with Crippen LogP contribution in [0.25, 0.3) is 10.8 Å². The second kappa shape index (κ2) is 9.91. The predicted molar refractivity (Wildman–Crippen MR) is 108 cm³/mol. The Labute approximate surface area is 163 Å². The van der Waals surface area contributed by atoms with Gasteiger partial charge in [0.25, 0.3) is 0 Å². The van der Waals surface area contributed by atoms with Crippen LogP contribution in [0.4, 0.5) is 21.5 Å². The normalized spacial score (nSPS) is 9.77. The van der Waals surface area contributed by atoms with Crippen molar-refractivity contribution in [3.8, 4) is 0 Å². The van der Waals surface area contributed by atoms with Crippen LogP contribution >= 0.6 is 24.8 Å². The highest BCUT2D eigenvalue weighted by Gasteiger charge is 2.09. The minimum Gasteiger partial charge on any atom is -0.355 e. The molecular formula is C18H19Cl2FN4O. The van der Waals surface area contributed by atoms with Crippen molar-refractivity contribution in [1.29, 1.82) is 0 Å². The van der Waals surface area contributed by atoms with Gasteiger partial charge in [0.2, 0.25) is 5.91 Å². The van der Waals surface area contributed by atoms with E-state index < -0.39 is 0 Å². The number of nitrogens with zero attached hydrogens (tertiary/aromatic N) is 1. The zero-order valence-electron chi connectivity index (χ0n) is 14.0. The summed E-state index contributed by atoms with van der Waals surface area (Å²) < 4.78 is 13.0. The zero-order chi connectivity index (χ0) is 16.9. The van der Waals surface area contributed by atoms with E-state index >= 15 is 0 Å². The summed E-state index contributed by atoms with van der Waals surface area (Å²) in [6, 6.07) is 11.7. The first-order chi connectivity index (χ1) is 11.7. The van der Waals surface area contributed by atoms with Gasteiger partial charge in [-0.15, -0.1) is 24.8 Å². The molecule has 8 heteroatoms. The number of aromatic nitrogens is 1. The first-order valence-corrected chi connectivity index (χ1v) is 7.51. The van der Waals surface area contributed by atoms with E-state index in [0.717, 1.165) is 22.1 Å². The molecule has 3 aromatic rings. The van der Waals surface area contributed by atoms with E-state index in [2.05, 4.69) is 20.9 Å². The van der Waals surface area contributed by atoms with Crippen molar-refractivity contribution in [3.63, 3.8) is 0 Å². The molecule has 1 amide bonds. The molecule has 0 aliphatic carbocycles. The number of amides is 1. The largest absolute Gasteiger partial charge is 0.355 e. The van der Waals surface area contributed by atoms with Crippen LogP contribution in [0.3, 0.4) is 0 Å². The third-order valence-electron chi connectivity index (χ3n) is 3.55. The maximum atomic E-state index is 13.0. The van der Waals surface area contributed by atoms with Gasteiger partial charge in [-0.3, -0.25) is 9.78 Å². The standard InChI is InChI=1S/C18H17FN4O.2ClH/c1-20-11-18(24)23-17-7-6-16(14-8-9-21-10-15(14)17)22-13-4-2-12(19)3-5-13;;/h2-10,20,22H,11H2,1H3,(H,23,24);2*1H. The Balaban J connectivity index is 0.00000169. The molecule has 1 aromatic heterocycles. The molecule has 0 atom stereocenters. The highest BCUT2D eigenvalue weighted by Crippen LogP contribution is 2.31. The summed E-state index contributed by atoms with van der Waals surface area (Å²) in [6.07, 6.45) is 3.40. The van der Waals surface area contributed by atoms with Gasteiger partial charge in [-0.2, -0.15) is 0 Å². The number of benzene rings is 2. The van der Waals surface area contributed by atoms with Gasteiger partial charge < -0.3 is 16.0 Å². The van der Waals surface area contributed by atoms with Crippen molar-refractivity contribution in [2.45, 2.75) is 0 Å². The Kier molecular flexibility index (Phi) is 8.25. The molecule has 0 radical (unpaired) electrons. The number of hydrogen-bond acceptors (Lipinski definition) is 4. The molecule has 0 fully saturated rings. The van der Waals surface area contributed by atoms with Crippen LogP contribution in [0.2, 0.25) is 0 Å². The first kappa shape index (κ1) is 21.6. The van der Waals surface area contributed by atoms with E-state index in [9.17, 15) is 9.18 Å². The third kappa shape index (κ3) is 5.05. The van der Waals surface area contributed by atoms with Crippen molar-refractivity contribution in [2.75, 3.05) is 24.2 Å². The van der Waals surface area contributed by atoms with Crippen molar-refractivity contribution in [3.05, 3.63) is 60.7 Å². The quantitative estimate of drug-likeness (QED) is 0.606. The lowest BCUT2D eigenvalue weighted by Gasteiger charge is -2.13. The Morgan fingerprint density at radius 2 is 1.69 bits per heavy atom. The van der Waals surface area contributed by atoms with Crippen LogP contribution in [0, 0.1) is 5.82 Å². The Morgan fingerprint density at radius 1 is 1.00 bits per heavy atom. The molecule has 2 aromatic carbocycles. The number of likely N-dealkylation sites (N-methyl/N-ethyl adjacent to an activating group) is 1. The molecular weight excluding hydrogens is 378 g/mol. The minimum absolute atomic E-state index is 0. The van der Waals surface area contributed by atoms with Gasteiger partial charge in [-0.25, -0.2) is 4.39 Å². The number of pyridine rings is 1. The van der Waals surface area contributed by atoms with E-state index in [1.807, 2.05) is 18.2 Å². The molecule has 3 rings (SSSR count). The lowest BCUT2D eigenvalue weighted by atomic mass is 10.1. The average Bonchev–Trinajstić information content (AvgIpc) is 2.59. The maximum Gasteiger partial charge on any atom is 0.238 e. The fourth-order valence-electron chi connectivity index (χ4n) is 2.45. The Bertz CT molecular complexity index is 875. The van der Waals surface area contributed by atoms with Crippen LogP contribution in [0.1, 0.15) is 0 Å². The Morgan fingerprint density at radius 3 is 2.38 bits per heavy atom. The summed E-state index contributed by atoms with van der Waals surface area (Å²) in [7, 11) is 1.72. The number of carbonyl (C=O) groups is 1. The van der Waals surface area contributed by atoms with E-state index in [4.69, 9.17) is 0 Å². The second-order valence-electron chi connectivity index (χ2n) is 5.29. The van der Waals surface area contributed by atoms with Crippen molar-refractivity contribution >= 4 is 58.6 Å². The SMILES string of the molecule is CNCC(=O)Nc1ccc(Nc2ccc(F)cc2)c2ccncc12.Cl.Cl. The minimum atomic E-state index is -0.280. The van der Waals surface area contributed by atoms with E-state index in [-0.39, 0.29) is 43.1 Å². The fraction of sp³-hybridized carbons (Fsp3) is 0.111. The summed E-state index contributed by atoms with van der Waals surface area (Å²) in [4.78, 5) is 16.0. The summed E-state index contributed by atoms with van der Waals surface area (Å²) in [5.41, 5.74) is 2.33. The lowest BCUT2D eigenvalue weighted by Crippen LogP contribution is -2.25. The molecule has 0 bridgehead atoms. The molecule has 1 heterocycles. The molecule has 5 nitrogen and oxygen atoms in total. The topological polar surface area (TPSA) is 66.1 Å². The van der Waals surface area contributed by atoms with Crippen LogP contribution < -0.4 is 16.0 Å². The Hall–Kier alpha value is -2.41. The number of carbonyl (C=O) groups excluding carboxylic acids is 1. The highest BCUT2D eigenvalue weighted by atomic mass is 35.5. The van der Waals surface area contributed by atoms with Gasteiger partial charge >= 0.3 is 0 Å². The van der Waals surface area contributed by atoms with Gasteiger partial charge in [-0.05, 0) is 49.5 Å². The monoisotopic (exact) mass is 396 g/mol.